The normalized spacial score (nSPS) is 11.8. The number of benzene rings is 2. The van der Waals surface area contributed by atoms with Crippen molar-refractivity contribution in [2.24, 2.45) is 0 Å². The Balaban J connectivity index is 1.58. The number of halogens is 2. The van der Waals surface area contributed by atoms with Crippen LogP contribution in [0.1, 0.15) is 29.0 Å². The van der Waals surface area contributed by atoms with Gasteiger partial charge in [0.15, 0.2) is 6.61 Å². The molecule has 0 saturated carbocycles. The molecule has 1 heterocycles. The van der Waals surface area contributed by atoms with Crippen LogP contribution in [-0.2, 0) is 9.53 Å². The van der Waals surface area contributed by atoms with Crippen molar-refractivity contribution in [3.63, 3.8) is 0 Å². The van der Waals surface area contributed by atoms with Gasteiger partial charge < -0.3 is 10.1 Å². The van der Waals surface area contributed by atoms with Crippen molar-refractivity contribution < 1.29 is 14.3 Å². The Morgan fingerprint density at radius 3 is 2.67 bits per heavy atom. The van der Waals surface area contributed by atoms with E-state index in [1.54, 1.807) is 43.3 Å². The van der Waals surface area contributed by atoms with Crippen LogP contribution in [0.3, 0.4) is 0 Å². The summed E-state index contributed by atoms with van der Waals surface area (Å²) in [6, 6.07) is 15.4. The molecule has 5 nitrogen and oxygen atoms in total. The van der Waals surface area contributed by atoms with Gasteiger partial charge in [-0.15, -0.1) is 0 Å². The van der Waals surface area contributed by atoms with Gasteiger partial charge in [0.1, 0.15) is 5.69 Å². The Labute approximate surface area is 166 Å². The van der Waals surface area contributed by atoms with Crippen LogP contribution in [-0.4, -0.2) is 23.5 Å². The molecule has 0 bridgehead atoms. The molecule has 7 heteroatoms. The van der Waals surface area contributed by atoms with E-state index in [1.807, 2.05) is 18.2 Å². The first-order chi connectivity index (χ1) is 12.9. The summed E-state index contributed by atoms with van der Waals surface area (Å²) < 4.78 is 5.06. The average molecular weight is 403 g/mol. The number of hydrogen-bond acceptors (Lipinski definition) is 4. The van der Waals surface area contributed by atoms with Crippen LogP contribution in [0.15, 0.2) is 54.6 Å². The summed E-state index contributed by atoms with van der Waals surface area (Å²) >= 11 is 12.0. The van der Waals surface area contributed by atoms with Crippen LogP contribution in [0.5, 0.6) is 0 Å². The Kier molecular flexibility index (Phi) is 5.94. The zero-order valence-electron chi connectivity index (χ0n) is 14.4. The predicted octanol–water partition coefficient (Wildman–Crippen LogP) is 4.58. The van der Waals surface area contributed by atoms with Crippen molar-refractivity contribution in [1.29, 1.82) is 0 Å². The zero-order valence-corrected chi connectivity index (χ0v) is 15.9. The number of rotatable bonds is 5. The molecule has 2 aromatic carbocycles. The lowest BCUT2D eigenvalue weighted by atomic mass is 10.1. The monoisotopic (exact) mass is 402 g/mol. The fourth-order valence-corrected chi connectivity index (χ4v) is 3.17. The fourth-order valence-electron chi connectivity index (χ4n) is 2.60. The van der Waals surface area contributed by atoms with E-state index in [9.17, 15) is 9.59 Å². The Hall–Kier alpha value is -2.63. The van der Waals surface area contributed by atoms with Crippen molar-refractivity contribution in [3.05, 3.63) is 75.9 Å². The second-order valence-corrected chi connectivity index (χ2v) is 6.76. The van der Waals surface area contributed by atoms with Gasteiger partial charge in [-0.2, -0.15) is 0 Å². The smallest absolute Gasteiger partial charge is 0.357 e. The lowest BCUT2D eigenvalue weighted by molar-refractivity contribution is -0.124. The summed E-state index contributed by atoms with van der Waals surface area (Å²) in [5.41, 5.74) is 1.55. The molecule has 0 saturated heterocycles. The second kappa shape index (κ2) is 8.37. The van der Waals surface area contributed by atoms with Crippen LogP contribution in [0.2, 0.25) is 10.0 Å². The van der Waals surface area contributed by atoms with Crippen molar-refractivity contribution >= 4 is 46.0 Å². The van der Waals surface area contributed by atoms with E-state index in [2.05, 4.69) is 10.3 Å². The van der Waals surface area contributed by atoms with E-state index in [-0.39, 0.29) is 11.7 Å². The summed E-state index contributed by atoms with van der Waals surface area (Å²) in [4.78, 5) is 28.5. The summed E-state index contributed by atoms with van der Waals surface area (Å²) in [6.45, 7) is 1.36. The van der Waals surface area contributed by atoms with Crippen LogP contribution in [0, 0.1) is 0 Å². The third-order valence-electron chi connectivity index (χ3n) is 3.95. The minimum absolute atomic E-state index is 0.148. The molecule has 0 radical (unpaired) electrons. The number of hydrogen-bond donors (Lipinski definition) is 1. The van der Waals surface area contributed by atoms with Gasteiger partial charge in [-0.25, -0.2) is 9.78 Å². The molecule has 1 N–H and O–H groups in total. The van der Waals surface area contributed by atoms with Gasteiger partial charge in [-0.05, 0) is 36.8 Å². The Bertz CT molecular complexity index is 1010. The summed E-state index contributed by atoms with van der Waals surface area (Å²) in [5.74, 6) is -1.10. The molecular weight excluding hydrogens is 387 g/mol. The van der Waals surface area contributed by atoms with Gasteiger partial charge in [0.25, 0.3) is 5.91 Å². The molecule has 1 atom stereocenters. The lowest BCUT2D eigenvalue weighted by Crippen LogP contribution is -2.31. The molecule has 138 valence electrons. The van der Waals surface area contributed by atoms with E-state index < -0.39 is 18.5 Å². The predicted molar refractivity (Wildman–Crippen MR) is 105 cm³/mol. The van der Waals surface area contributed by atoms with Crippen molar-refractivity contribution in [1.82, 2.24) is 10.3 Å². The van der Waals surface area contributed by atoms with Crippen molar-refractivity contribution in [2.75, 3.05) is 6.61 Å². The van der Waals surface area contributed by atoms with Crippen LogP contribution in [0.25, 0.3) is 10.9 Å². The van der Waals surface area contributed by atoms with Crippen LogP contribution < -0.4 is 5.32 Å². The number of nitrogens with one attached hydrogen (secondary N) is 1. The molecular formula is C20H16Cl2N2O3. The van der Waals surface area contributed by atoms with Gasteiger partial charge in [0.05, 0.1) is 11.6 Å². The first-order valence-electron chi connectivity index (χ1n) is 8.21. The van der Waals surface area contributed by atoms with Gasteiger partial charge in [0, 0.05) is 15.4 Å². The zero-order chi connectivity index (χ0) is 19.4. The molecule has 1 amide bonds. The molecule has 1 aromatic heterocycles. The van der Waals surface area contributed by atoms with Crippen molar-refractivity contribution in [2.45, 2.75) is 13.0 Å². The van der Waals surface area contributed by atoms with Gasteiger partial charge in [-0.3, -0.25) is 4.79 Å². The molecule has 27 heavy (non-hydrogen) atoms. The van der Waals surface area contributed by atoms with E-state index in [4.69, 9.17) is 27.9 Å². The largest absolute Gasteiger partial charge is 0.451 e. The minimum Gasteiger partial charge on any atom is -0.451 e. The van der Waals surface area contributed by atoms with Gasteiger partial charge >= 0.3 is 5.97 Å². The summed E-state index contributed by atoms with van der Waals surface area (Å²) in [5, 5.41) is 4.61. The van der Waals surface area contributed by atoms with Gasteiger partial charge in [-0.1, -0.05) is 53.5 Å². The molecule has 0 unspecified atom stereocenters. The first kappa shape index (κ1) is 19.1. The van der Waals surface area contributed by atoms with E-state index >= 15 is 0 Å². The number of amides is 1. The third kappa shape index (κ3) is 4.76. The highest BCUT2D eigenvalue weighted by Crippen LogP contribution is 2.26. The fraction of sp³-hybridized carbons (Fsp3) is 0.150. The molecule has 0 aliphatic carbocycles. The third-order valence-corrected chi connectivity index (χ3v) is 4.51. The maximum atomic E-state index is 12.1. The Morgan fingerprint density at radius 2 is 1.89 bits per heavy atom. The number of ether oxygens (including phenoxy) is 1. The molecule has 3 rings (SSSR count). The maximum absolute atomic E-state index is 12.1. The molecule has 0 aliphatic rings. The molecule has 0 spiro atoms. The lowest BCUT2D eigenvalue weighted by Gasteiger charge is -2.16. The highest BCUT2D eigenvalue weighted by atomic mass is 35.5. The first-order valence-corrected chi connectivity index (χ1v) is 8.97. The highest BCUT2D eigenvalue weighted by molar-refractivity contribution is 6.35. The minimum atomic E-state index is -0.659. The number of pyridine rings is 1. The quantitative estimate of drug-likeness (QED) is 0.634. The van der Waals surface area contributed by atoms with Crippen molar-refractivity contribution in [3.8, 4) is 0 Å². The number of fused-ring (bicyclic) bond motifs is 1. The Morgan fingerprint density at radius 1 is 1.11 bits per heavy atom. The van der Waals surface area contributed by atoms with E-state index in [0.717, 1.165) is 10.9 Å². The number of carbonyl (C=O) groups excluding carboxylic acids is 2. The number of aromatic nitrogens is 1. The number of esters is 1. The van der Waals surface area contributed by atoms with Crippen LogP contribution in [0.4, 0.5) is 0 Å². The highest BCUT2D eigenvalue weighted by Gasteiger charge is 2.16. The summed E-state index contributed by atoms with van der Waals surface area (Å²) in [7, 11) is 0. The maximum Gasteiger partial charge on any atom is 0.357 e. The second-order valence-electron chi connectivity index (χ2n) is 5.92. The molecule has 0 fully saturated rings. The SMILES string of the molecule is C[C@H](NC(=O)COC(=O)c1ccc2ccccc2n1)c1ccc(Cl)cc1Cl. The van der Waals surface area contributed by atoms with E-state index in [0.29, 0.717) is 15.6 Å². The standard InChI is InChI=1S/C20H16Cl2N2O3/c1-12(15-8-7-14(21)10-16(15)22)23-19(25)11-27-20(26)18-9-6-13-4-2-3-5-17(13)24-18/h2-10,12H,11H2,1H3,(H,23,25)/t12-/m0/s1. The topological polar surface area (TPSA) is 68.3 Å². The molecule has 0 aliphatic heterocycles. The average Bonchev–Trinajstić information content (AvgIpc) is 2.65. The van der Waals surface area contributed by atoms with Gasteiger partial charge in [0.2, 0.25) is 0 Å². The number of para-hydroxylation sites is 1. The van der Waals surface area contributed by atoms with Crippen LogP contribution >= 0.6 is 23.2 Å². The van der Waals surface area contributed by atoms with E-state index in [1.165, 1.54) is 0 Å². The molecule has 3 aromatic rings. The number of carbonyl (C=O) groups is 2. The summed E-state index contributed by atoms with van der Waals surface area (Å²) in [6.07, 6.45) is 0. The number of nitrogens with zero attached hydrogens (tertiary/aromatic N) is 1.